The van der Waals surface area contributed by atoms with Crippen LogP contribution in [0, 0.1) is 5.92 Å². The third-order valence-electron chi connectivity index (χ3n) is 6.89. The van der Waals surface area contributed by atoms with Gasteiger partial charge in [0.25, 0.3) is 11.8 Å². The van der Waals surface area contributed by atoms with Gasteiger partial charge in [0.1, 0.15) is 22.8 Å². The fourth-order valence-corrected chi connectivity index (χ4v) is 4.88. The number of nitrogens with two attached hydrogens (primary N) is 2. The molecule has 0 radical (unpaired) electrons. The summed E-state index contributed by atoms with van der Waals surface area (Å²) in [5.41, 5.74) is 14.6. The highest BCUT2D eigenvalue weighted by Gasteiger charge is 2.31. The Balaban J connectivity index is 0.00000147. The van der Waals surface area contributed by atoms with E-state index in [1.165, 1.54) is 7.11 Å². The Bertz CT molecular complexity index is 1360. The van der Waals surface area contributed by atoms with Crippen molar-refractivity contribution in [3.63, 3.8) is 0 Å². The van der Waals surface area contributed by atoms with Crippen molar-refractivity contribution in [2.24, 2.45) is 11.7 Å². The molecule has 1 aliphatic rings. The molecule has 2 aromatic carbocycles. The van der Waals surface area contributed by atoms with E-state index in [1.54, 1.807) is 41.9 Å². The van der Waals surface area contributed by atoms with Crippen LogP contribution in [0.15, 0.2) is 61.2 Å². The number of nitrogens with zero attached hydrogens (tertiary/aromatic N) is 2. The van der Waals surface area contributed by atoms with E-state index in [9.17, 15) is 14.4 Å². The van der Waals surface area contributed by atoms with Crippen LogP contribution in [0.25, 0.3) is 11.3 Å². The number of benzene rings is 2. The molecule has 1 aliphatic carbocycles. The molecule has 1 heterocycles. The number of carbonyl (C=O) groups excluding carboxylic acids is 3. The lowest BCUT2D eigenvalue weighted by atomic mass is 9.86. The second-order valence-electron chi connectivity index (χ2n) is 9.66. The highest BCUT2D eigenvalue weighted by molar-refractivity contribution is 6.03. The number of para-hydroxylation sites is 1. The first-order valence-electron chi connectivity index (χ1n) is 13.7. The number of primary amides is 1. The molecule has 1 saturated carbocycles. The number of carbonyl (C=O) groups is 3. The molecule has 10 heteroatoms. The van der Waals surface area contributed by atoms with Gasteiger partial charge in [0.15, 0.2) is 0 Å². The molecule has 0 aliphatic heterocycles. The maximum atomic E-state index is 12.6. The van der Waals surface area contributed by atoms with Crippen molar-refractivity contribution in [3.05, 3.63) is 77.9 Å². The molecule has 5 N–H and O–H groups in total. The predicted molar refractivity (Wildman–Crippen MR) is 158 cm³/mol. The number of anilines is 1. The minimum atomic E-state index is -0.655. The van der Waals surface area contributed by atoms with E-state index < -0.39 is 5.91 Å². The largest absolute Gasteiger partial charge is 0.496 e. The van der Waals surface area contributed by atoms with Crippen LogP contribution in [0.2, 0.25) is 0 Å². The summed E-state index contributed by atoms with van der Waals surface area (Å²) in [6, 6.07) is 14.3. The number of hydrogen-bond donors (Lipinski definition) is 3. The molecule has 0 atom stereocenters. The molecule has 0 unspecified atom stereocenters. The van der Waals surface area contributed by atoms with E-state index in [2.05, 4.69) is 17.0 Å². The monoisotopic (exact) mass is 561 g/mol. The lowest BCUT2D eigenvalue weighted by Gasteiger charge is -2.28. The topological polar surface area (TPSA) is 152 Å². The molecule has 218 valence electrons. The second-order valence-corrected chi connectivity index (χ2v) is 9.66. The number of esters is 1. The van der Waals surface area contributed by atoms with Gasteiger partial charge in [-0.2, -0.15) is 5.10 Å². The van der Waals surface area contributed by atoms with Gasteiger partial charge in [0.05, 0.1) is 31.2 Å². The molecule has 41 heavy (non-hydrogen) atoms. The molecule has 3 aromatic rings. The summed E-state index contributed by atoms with van der Waals surface area (Å²) in [5, 5.41) is 7.57. The standard InChI is InChI=1S/C28H33N5O5.C3H6/c1-3-38-28(36)19-12-14-20(15-13-19)33-25(29)23(26(30)34)24(32-33)18-10-8-17(9-11-18)16-31-27(35)21-6-4-5-7-22(21)37-2;1-3-2/h4-11,19-20H,3,12-16,29H2,1-2H3,(H2,30,34)(H,31,35);3H,1H2,2H3. The van der Waals surface area contributed by atoms with Crippen molar-refractivity contribution in [3.8, 4) is 17.0 Å². The Morgan fingerprint density at radius 2 is 1.73 bits per heavy atom. The summed E-state index contributed by atoms with van der Waals surface area (Å²) in [4.78, 5) is 37.0. The zero-order chi connectivity index (χ0) is 29.9. The van der Waals surface area contributed by atoms with Gasteiger partial charge < -0.3 is 26.3 Å². The van der Waals surface area contributed by atoms with E-state index in [-0.39, 0.29) is 35.2 Å². The van der Waals surface area contributed by atoms with Crippen LogP contribution in [-0.4, -0.2) is 41.3 Å². The number of aromatic nitrogens is 2. The first-order chi connectivity index (χ1) is 19.7. The summed E-state index contributed by atoms with van der Waals surface area (Å²) < 4.78 is 12.1. The fourth-order valence-electron chi connectivity index (χ4n) is 4.88. The zero-order valence-corrected chi connectivity index (χ0v) is 23.9. The maximum Gasteiger partial charge on any atom is 0.308 e. The van der Waals surface area contributed by atoms with Crippen LogP contribution in [-0.2, 0) is 16.1 Å². The Hall–Kier alpha value is -4.60. The number of allylic oxidation sites excluding steroid dienone is 1. The van der Waals surface area contributed by atoms with Gasteiger partial charge >= 0.3 is 5.97 Å². The van der Waals surface area contributed by atoms with Crippen molar-refractivity contribution in [1.29, 1.82) is 0 Å². The maximum absolute atomic E-state index is 12.6. The first-order valence-corrected chi connectivity index (χ1v) is 13.7. The summed E-state index contributed by atoms with van der Waals surface area (Å²) >= 11 is 0. The number of methoxy groups -OCH3 is 1. The number of hydrogen-bond acceptors (Lipinski definition) is 7. The van der Waals surface area contributed by atoms with Gasteiger partial charge in [-0.25, -0.2) is 4.68 Å². The smallest absolute Gasteiger partial charge is 0.308 e. The summed E-state index contributed by atoms with van der Waals surface area (Å²) in [6.45, 7) is 7.72. The molecular formula is C31H39N5O5. The minimum absolute atomic E-state index is 0.0445. The van der Waals surface area contributed by atoms with Crippen molar-refractivity contribution in [2.75, 3.05) is 19.5 Å². The van der Waals surface area contributed by atoms with Gasteiger partial charge in [-0.05, 0) is 57.2 Å². The normalized spacial score (nSPS) is 16.1. The second kappa shape index (κ2) is 14.7. The number of rotatable bonds is 9. The highest BCUT2D eigenvalue weighted by Crippen LogP contribution is 2.37. The van der Waals surface area contributed by atoms with Gasteiger partial charge in [0.2, 0.25) is 0 Å². The van der Waals surface area contributed by atoms with Gasteiger partial charge in [-0.15, -0.1) is 6.58 Å². The Morgan fingerprint density at radius 3 is 2.32 bits per heavy atom. The third kappa shape index (κ3) is 7.53. The molecule has 0 spiro atoms. The number of nitrogens with one attached hydrogen (secondary N) is 1. The lowest BCUT2D eigenvalue weighted by molar-refractivity contribution is -0.149. The molecule has 10 nitrogen and oxygen atoms in total. The average Bonchev–Trinajstić information content (AvgIpc) is 3.34. The van der Waals surface area contributed by atoms with Crippen molar-refractivity contribution in [2.45, 2.75) is 52.1 Å². The van der Waals surface area contributed by atoms with Crippen LogP contribution in [0.1, 0.15) is 71.9 Å². The summed E-state index contributed by atoms with van der Waals surface area (Å²) in [5.74, 6) is -0.475. The number of ether oxygens (including phenoxy) is 2. The van der Waals surface area contributed by atoms with Crippen LogP contribution in [0.3, 0.4) is 0 Å². The van der Waals surface area contributed by atoms with Crippen LogP contribution in [0.4, 0.5) is 5.82 Å². The summed E-state index contributed by atoms with van der Waals surface area (Å²) in [6.07, 6.45) is 4.47. The Kier molecular flexibility index (Phi) is 11.1. The Labute approximate surface area is 240 Å². The third-order valence-corrected chi connectivity index (χ3v) is 6.89. The minimum Gasteiger partial charge on any atom is -0.496 e. The SMILES string of the molecule is C=CC.CCOC(=O)C1CCC(n2nc(-c3ccc(CNC(=O)c4ccccc4OC)cc3)c(C(N)=O)c2N)CC1. The summed E-state index contributed by atoms with van der Waals surface area (Å²) in [7, 11) is 1.52. The van der Waals surface area contributed by atoms with Crippen molar-refractivity contribution < 1.29 is 23.9 Å². The van der Waals surface area contributed by atoms with E-state index in [0.29, 0.717) is 61.4 Å². The van der Waals surface area contributed by atoms with Crippen molar-refractivity contribution >= 4 is 23.6 Å². The average molecular weight is 562 g/mol. The lowest BCUT2D eigenvalue weighted by Crippen LogP contribution is -2.26. The van der Waals surface area contributed by atoms with Crippen LogP contribution >= 0.6 is 0 Å². The van der Waals surface area contributed by atoms with E-state index >= 15 is 0 Å². The number of nitrogen functional groups attached to an aromatic ring is 1. The number of amides is 2. The molecule has 1 fully saturated rings. The first kappa shape index (κ1) is 30.9. The van der Waals surface area contributed by atoms with E-state index in [4.69, 9.17) is 20.9 Å². The zero-order valence-electron chi connectivity index (χ0n) is 23.9. The fraction of sp³-hybridized carbons (Fsp3) is 0.355. The molecule has 0 saturated heterocycles. The van der Waals surface area contributed by atoms with Crippen LogP contribution < -0.4 is 21.5 Å². The van der Waals surface area contributed by atoms with E-state index in [1.807, 2.05) is 31.2 Å². The van der Waals surface area contributed by atoms with Gasteiger partial charge in [0, 0.05) is 12.1 Å². The molecule has 1 aromatic heterocycles. The van der Waals surface area contributed by atoms with Crippen molar-refractivity contribution in [1.82, 2.24) is 15.1 Å². The Morgan fingerprint density at radius 1 is 1.10 bits per heavy atom. The quantitative estimate of drug-likeness (QED) is 0.254. The molecule has 4 rings (SSSR count). The molecule has 2 amide bonds. The van der Waals surface area contributed by atoms with Gasteiger partial charge in [-0.1, -0.05) is 42.5 Å². The van der Waals surface area contributed by atoms with E-state index in [0.717, 1.165) is 5.56 Å². The van der Waals surface area contributed by atoms with Crippen LogP contribution in [0.5, 0.6) is 5.75 Å². The molecular weight excluding hydrogens is 522 g/mol. The van der Waals surface area contributed by atoms with Gasteiger partial charge in [-0.3, -0.25) is 14.4 Å². The highest BCUT2D eigenvalue weighted by atomic mass is 16.5. The predicted octanol–water partition coefficient (Wildman–Crippen LogP) is 4.66. The molecule has 0 bridgehead atoms.